The Morgan fingerprint density at radius 1 is 1.22 bits per heavy atom. The zero-order chi connectivity index (χ0) is 16.7. The zero-order valence-electron chi connectivity index (χ0n) is 12.6. The Balaban J connectivity index is 1.94. The lowest BCUT2D eigenvalue weighted by Gasteiger charge is -2.11. The van der Waals surface area contributed by atoms with Crippen molar-refractivity contribution in [1.29, 1.82) is 0 Å². The number of nitrogens with one attached hydrogen (secondary N) is 2. The van der Waals surface area contributed by atoms with Gasteiger partial charge in [0.1, 0.15) is 5.75 Å². The molecule has 0 aliphatic carbocycles. The van der Waals surface area contributed by atoms with Crippen molar-refractivity contribution in [3.63, 3.8) is 0 Å². The molecule has 0 heterocycles. The van der Waals surface area contributed by atoms with E-state index in [1.165, 1.54) is 25.3 Å². The molecule has 0 aliphatic rings. The fourth-order valence-corrected chi connectivity index (χ4v) is 2.04. The van der Waals surface area contributed by atoms with E-state index in [-0.39, 0.29) is 11.4 Å². The normalized spacial score (nSPS) is 9.96. The van der Waals surface area contributed by atoms with Gasteiger partial charge in [-0.05, 0) is 18.1 Å². The highest BCUT2D eigenvalue weighted by Gasteiger charge is 2.13. The van der Waals surface area contributed by atoms with E-state index < -0.39 is 11.0 Å². The molecule has 0 bridgehead atoms. The van der Waals surface area contributed by atoms with Crippen molar-refractivity contribution in [2.24, 2.45) is 0 Å². The third kappa shape index (κ3) is 4.70. The molecule has 0 saturated carbocycles. The maximum absolute atomic E-state index is 11.9. The number of hydrogen-bond donors (Lipinski definition) is 2. The molecule has 2 N–H and O–H groups in total. The van der Waals surface area contributed by atoms with Crippen LogP contribution >= 0.6 is 0 Å². The van der Waals surface area contributed by atoms with Gasteiger partial charge in [-0.15, -0.1) is 0 Å². The molecule has 7 nitrogen and oxygen atoms in total. The average Bonchev–Trinajstić information content (AvgIpc) is 2.55. The number of nitro benzene ring substituents is 1. The van der Waals surface area contributed by atoms with E-state index in [2.05, 4.69) is 10.6 Å². The molecule has 0 spiro atoms. The van der Waals surface area contributed by atoms with Gasteiger partial charge in [-0.3, -0.25) is 10.1 Å². The van der Waals surface area contributed by atoms with Gasteiger partial charge in [-0.25, -0.2) is 4.79 Å². The summed E-state index contributed by atoms with van der Waals surface area (Å²) >= 11 is 0. The summed E-state index contributed by atoms with van der Waals surface area (Å²) in [7, 11) is 1.43. The molecule has 0 atom stereocenters. The summed E-state index contributed by atoms with van der Waals surface area (Å²) in [5, 5.41) is 16.1. The van der Waals surface area contributed by atoms with E-state index in [1.807, 2.05) is 30.3 Å². The number of non-ortho nitro benzene ring substituents is 1. The molecule has 0 unspecified atom stereocenters. The summed E-state index contributed by atoms with van der Waals surface area (Å²) in [5.74, 6) is 0.355. The molecular weight excluding hydrogens is 298 g/mol. The second kappa shape index (κ2) is 7.79. The maximum atomic E-state index is 11.9. The minimum atomic E-state index is -0.530. The van der Waals surface area contributed by atoms with Crippen LogP contribution < -0.4 is 15.4 Å². The van der Waals surface area contributed by atoms with Crippen LogP contribution in [0.3, 0.4) is 0 Å². The summed E-state index contributed by atoms with van der Waals surface area (Å²) in [5.41, 5.74) is 1.24. The molecule has 0 aliphatic heterocycles. The van der Waals surface area contributed by atoms with Crippen molar-refractivity contribution in [3.05, 3.63) is 64.2 Å². The van der Waals surface area contributed by atoms with Crippen molar-refractivity contribution < 1.29 is 14.5 Å². The number of carbonyl (C=O) groups is 1. The minimum absolute atomic E-state index is 0.120. The van der Waals surface area contributed by atoms with Crippen LogP contribution in [0.1, 0.15) is 5.56 Å². The molecule has 23 heavy (non-hydrogen) atoms. The van der Waals surface area contributed by atoms with Gasteiger partial charge in [-0.2, -0.15) is 0 Å². The fourth-order valence-electron chi connectivity index (χ4n) is 2.04. The monoisotopic (exact) mass is 315 g/mol. The Kier molecular flexibility index (Phi) is 5.51. The SMILES string of the molecule is COc1ccc([N+](=O)[O-])cc1NC(=O)NCCc1ccccc1. The van der Waals surface area contributed by atoms with E-state index in [0.717, 1.165) is 5.56 Å². The average molecular weight is 315 g/mol. The summed E-state index contributed by atoms with van der Waals surface area (Å²) in [6.45, 7) is 0.451. The highest BCUT2D eigenvalue weighted by Crippen LogP contribution is 2.28. The maximum Gasteiger partial charge on any atom is 0.319 e. The quantitative estimate of drug-likeness (QED) is 0.633. The van der Waals surface area contributed by atoms with E-state index in [4.69, 9.17) is 4.74 Å². The van der Waals surface area contributed by atoms with Gasteiger partial charge in [0.25, 0.3) is 5.69 Å². The van der Waals surface area contributed by atoms with E-state index in [0.29, 0.717) is 18.7 Å². The second-order valence-corrected chi connectivity index (χ2v) is 4.76. The first kappa shape index (κ1) is 16.3. The van der Waals surface area contributed by atoms with Gasteiger partial charge in [0, 0.05) is 18.7 Å². The van der Waals surface area contributed by atoms with Crippen LogP contribution in [-0.2, 0) is 6.42 Å². The van der Waals surface area contributed by atoms with Gasteiger partial charge in [0.15, 0.2) is 0 Å². The number of anilines is 1. The smallest absolute Gasteiger partial charge is 0.319 e. The Morgan fingerprint density at radius 2 is 1.96 bits per heavy atom. The third-order valence-electron chi connectivity index (χ3n) is 3.18. The van der Waals surface area contributed by atoms with Gasteiger partial charge in [-0.1, -0.05) is 30.3 Å². The molecule has 2 aromatic rings. The van der Waals surface area contributed by atoms with Crippen LogP contribution in [0.5, 0.6) is 5.75 Å². The summed E-state index contributed by atoms with van der Waals surface area (Å²) in [6, 6.07) is 13.3. The van der Waals surface area contributed by atoms with Crippen LogP contribution in [0.25, 0.3) is 0 Å². The Bertz CT molecular complexity index is 689. The fraction of sp³-hybridized carbons (Fsp3) is 0.188. The minimum Gasteiger partial charge on any atom is -0.495 e. The van der Waals surface area contributed by atoms with Crippen molar-refractivity contribution in [3.8, 4) is 5.75 Å². The second-order valence-electron chi connectivity index (χ2n) is 4.76. The van der Waals surface area contributed by atoms with Crippen LogP contribution in [-0.4, -0.2) is 24.6 Å². The number of methoxy groups -OCH3 is 1. The topological polar surface area (TPSA) is 93.5 Å². The van der Waals surface area contributed by atoms with Crippen LogP contribution in [0.4, 0.5) is 16.2 Å². The van der Waals surface area contributed by atoms with Crippen molar-refractivity contribution in [2.75, 3.05) is 19.0 Å². The Morgan fingerprint density at radius 3 is 2.61 bits per heavy atom. The van der Waals surface area contributed by atoms with Gasteiger partial charge < -0.3 is 15.4 Å². The van der Waals surface area contributed by atoms with Crippen molar-refractivity contribution in [2.45, 2.75) is 6.42 Å². The van der Waals surface area contributed by atoms with Crippen LogP contribution in [0, 0.1) is 10.1 Å². The first-order chi connectivity index (χ1) is 11.1. The molecule has 0 aromatic heterocycles. The van der Waals surface area contributed by atoms with Gasteiger partial charge >= 0.3 is 6.03 Å². The third-order valence-corrected chi connectivity index (χ3v) is 3.18. The first-order valence-electron chi connectivity index (χ1n) is 7.01. The molecular formula is C16H17N3O4. The standard InChI is InChI=1S/C16H17N3O4/c1-23-15-8-7-13(19(21)22)11-14(15)18-16(20)17-10-9-12-5-3-2-4-6-12/h2-8,11H,9-10H2,1H3,(H2,17,18,20). The number of rotatable bonds is 6. The lowest BCUT2D eigenvalue weighted by atomic mass is 10.1. The number of carbonyl (C=O) groups excluding carboxylic acids is 1. The molecule has 2 rings (SSSR count). The Labute approximate surface area is 133 Å². The number of hydrogen-bond acceptors (Lipinski definition) is 4. The predicted molar refractivity (Wildman–Crippen MR) is 86.8 cm³/mol. The number of nitro groups is 1. The van der Waals surface area contributed by atoms with Crippen LogP contribution in [0.15, 0.2) is 48.5 Å². The zero-order valence-corrected chi connectivity index (χ0v) is 12.6. The number of benzene rings is 2. The van der Waals surface area contributed by atoms with Crippen molar-refractivity contribution >= 4 is 17.4 Å². The molecule has 0 radical (unpaired) electrons. The van der Waals surface area contributed by atoms with Gasteiger partial charge in [0.2, 0.25) is 0 Å². The van der Waals surface area contributed by atoms with Crippen LogP contribution in [0.2, 0.25) is 0 Å². The summed E-state index contributed by atoms with van der Waals surface area (Å²) in [4.78, 5) is 22.2. The van der Waals surface area contributed by atoms with E-state index in [9.17, 15) is 14.9 Å². The largest absolute Gasteiger partial charge is 0.495 e. The lowest BCUT2D eigenvalue weighted by molar-refractivity contribution is -0.384. The summed E-state index contributed by atoms with van der Waals surface area (Å²) in [6.07, 6.45) is 0.695. The first-order valence-corrected chi connectivity index (χ1v) is 7.01. The highest BCUT2D eigenvalue weighted by atomic mass is 16.6. The number of nitrogens with zero attached hydrogens (tertiary/aromatic N) is 1. The number of ether oxygens (including phenoxy) is 1. The predicted octanol–water partition coefficient (Wildman–Crippen LogP) is 2.97. The van der Waals surface area contributed by atoms with E-state index >= 15 is 0 Å². The number of urea groups is 1. The molecule has 7 heteroatoms. The van der Waals surface area contributed by atoms with E-state index in [1.54, 1.807) is 0 Å². The molecule has 0 fully saturated rings. The highest BCUT2D eigenvalue weighted by molar-refractivity contribution is 5.91. The molecule has 2 amide bonds. The molecule has 120 valence electrons. The van der Waals surface area contributed by atoms with Gasteiger partial charge in [0.05, 0.1) is 17.7 Å². The van der Waals surface area contributed by atoms with Crippen molar-refractivity contribution in [1.82, 2.24) is 5.32 Å². The Hall–Kier alpha value is -3.09. The number of amides is 2. The summed E-state index contributed by atoms with van der Waals surface area (Å²) < 4.78 is 5.09. The molecule has 0 saturated heterocycles. The molecule has 2 aromatic carbocycles. The lowest BCUT2D eigenvalue weighted by Crippen LogP contribution is -2.30.